The van der Waals surface area contributed by atoms with Crippen LogP contribution >= 0.6 is 0 Å². The molecular formula is C54H6B28N2O. The molecule has 3 aromatic heterocycles. The van der Waals surface area contributed by atoms with E-state index in [1.165, 1.54) is 0 Å². The van der Waals surface area contributed by atoms with Crippen LogP contribution in [0, 0.1) is 0 Å². The van der Waals surface area contributed by atoms with Gasteiger partial charge in [0.2, 0.25) is 0 Å². The number of hydrogen-bond acceptors (Lipinski definition) is 3. The number of fused-ring (bicyclic) bond motifs is 5. The standard InChI is InChI=1S/C54H6B28N2O/c55-22-11(9-5-6-10(8-4-2-1-3-7(8)9)49-47(80)32(65)19-30(63)31(64)20-33(66)48(81)54(82)84-51(20)50(19)83-49)12-13(24(57)37(70)36(69)23(12)56)18(29(22)62)52-14(16-25(58)38(71)44(77)39(72)26(16)59)15(17-27(60)40(73)45(78)41(74)28(17)61)53(85-52)21-34(67)42(75)46(79)43(76)35(21)68/h1-6H. The van der Waals surface area contributed by atoms with Crippen LogP contribution in [0.1, 0.15) is 0 Å². The van der Waals surface area contributed by atoms with E-state index < -0.39 is 0 Å². The molecule has 0 unspecified atom stereocenters. The Balaban J connectivity index is 1.32. The number of nitrogens with zero attached hydrogens (tertiary/aromatic N) is 2. The van der Waals surface area contributed by atoms with Gasteiger partial charge in [0.25, 0.3) is 0 Å². The third-order valence-corrected chi connectivity index (χ3v) is 16.0. The van der Waals surface area contributed by atoms with Gasteiger partial charge in [-0.15, -0.1) is 60.1 Å². The van der Waals surface area contributed by atoms with E-state index in [-0.39, 0.29) is 242 Å². The van der Waals surface area contributed by atoms with E-state index in [0.717, 1.165) is 0 Å². The molecule has 0 aliphatic heterocycles. The van der Waals surface area contributed by atoms with Crippen molar-refractivity contribution in [2.24, 2.45) is 0 Å². The molecule has 0 saturated carbocycles. The molecule has 3 heterocycles. The summed E-state index contributed by atoms with van der Waals surface area (Å²) in [5, 5.41) is 1.54. The summed E-state index contributed by atoms with van der Waals surface area (Å²) in [6, 6.07) is 10.6. The van der Waals surface area contributed by atoms with Crippen LogP contribution in [0.15, 0.2) is 40.8 Å². The lowest BCUT2D eigenvalue weighted by Gasteiger charge is -2.28. The van der Waals surface area contributed by atoms with Crippen LogP contribution in [-0.2, 0) is 0 Å². The molecule has 85 heavy (non-hydrogen) atoms. The number of benzene rings is 8. The van der Waals surface area contributed by atoms with Crippen LogP contribution in [0.4, 0.5) is 0 Å². The van der Waals surface area contributed by atoms with Gasteiger partial charge in [0.1, 0.15) is 231 Å². The molecule has 322 valence electrons. The molecular weight excluding hydrogens is 995 g/mol. The Bertz CT molecular complexity index is 4860. The summed E-state index contributed by atoms with van der Waals surface area (Å²) >= 11 is 0. The average Bonchev–Trinajstić information content (AvgIpc) is 1.81. The first-order valence-corrected chi connectivity index (χ1v) is 25.1. The second-order valence-corrected chi connectivity index (χ2v) is 20.4. The zero-order valence-corrected chi connectivity index (χ0v) is 44.9. The highest BCUT2D eigenvalue weighted by Gasteiger charge is 2.35. The summed E-state index contributed by atoms with van der Waals surface area (Å²) in [7, 11) is 189. The van der Waals surface area contributed by atoms with E-state index >= 15 is 0 Å². The SMILES string of the molecule is [B]c1nc2c(c([B])c1[B])c([B])c([B])c1c([B])c([B])c(-c3ccc(-c4c([B])c([B])c(-c5oc(-c6c([B])c([B])c([B])c([B])c6[B])c(-c6c([B])c([B])c([B])c([B])c6[B])c5-c5c([B])c([B])c([B])c([B])c5[B])c5c([B])c([B])c([B])c([B])c45)c4ccccc34)nc12. The second-order valence-electron chi connectivity index (χ2n) is 20.4. The van der Waals surface area contributed by atoms with Gasteiger partial charge in [-0.3, -0.25) is 4.98 Å². The molecule has 0 fully saturated rings. The van der Waals surface area contributed by atoms with Gasteiger partial charge in [-0.25, -0.2) is 4.98 Å². The average molecular weight is 1000 g/mol. The maximum absolute atomic E-state index is 7.49. The van der Waals surface area contributed by atoms with Crippen LogP contribution in [0.5, 0.6) is 0 Å². The first kappa shape index (κ1) is 60.9. The quantitative estimate of drug-likeness (QED) is 0.123. The van der Waals surface area contributed by atoms with Crippen molar-refractivity contribution in [2.75, 3.05) is 0 Å². The fraction of sp³-hybridized carbons (Fsp3) is 0. The number of aromatic nitrogens is 2. The van der Waals surface area contributed by atoms with Crippen molar-refractivity contribution in [2.45, 2.75) is 0 Å². The Morgan fingerprint density at radius 2 is 0.518 bits per heavy atom. The van der Waals surface area contributed by atoms with Crippen molar-refractivity contribution in [1.82, 2.24) is 9.97 Å². The first-order valence-electron chi connectivity index (χ1n) is 25.1. The molecule has 0 saturated heterocycles. The highest BCUT2D eigenvalue weighted by atomic mass is 16.3. The molecule has 0 aliphatic rings. The highest BCUT2D eigenvalue weighted by Crippen LogP contribution is 2.47. The third kappa shape index (κ3) is 8.57. The van der Waals surface area contributed by atoms with E-state index in [4.69, 9.17) is 229 Å². The van der Waals surface area contributed by atoms with Gasteiger partial charge in [-0.1, -0.05) is 124 Å². The Hall–Kier alpha value is -5.80. The maximum atomic E-state index is 7.49. The molecule has 3 nitrogen and oxygen atoms in total. The summed E-state index contributed by atoms with van der Waals surface area (Å²) in [6.07, 6.45) is 0. The van der Waals surface area contributed by atoms with E-state index in [1.54, 1.807) is 36.4 Å². The Morgan fingerprint density at radius 3 is 0.965 bits per heavy atom. The van der Waals surface area contributed by atoms with Crippen LogP contribution in [0.2, 0.25) is 0 Å². The maximum Gasteiger partial charge on any atom is 0.143 e. The lowest BCUT2D eigenvalue weighted by Crippen LogP contribution is -2.56. The fourth-order valence-corrected chi connectivity index (χ4v) is 11.3. The fourth-order valence-electron chi connectivity index (χ4n) is 11.3. The lowest BCUT2D eigenvalue weighted by molar-refractivity contribution is 0.601. The highest BCUT2D eigenvalue weighted by molar-refractivity contribution is 6.75. The monoisotopic (exact) mass is 1010 g/mol. The molecule has 0 atom stereocenters. The van der Waals surface area contributed by atoms with Crippen molar-refractivity contribution in [3.63, 3.8) is 0 Å². The van der Waals surface area contributed by atoms with Gasteiger partial charge in [0, 0.05) is 27.8 Å². The Labute approximate surface area is 530 Å². The van der Waals surface area contributed by atoms with E-state index in [0.29, 0.717) is 21.9 Å². The third-order valence-electron chi connectivity index (χ3n) is 16.0. The Kier molecular flexibility index (Phi) is 15.4. The van der Waals surface area contributed by atoms with Crippen molar-refractivity contribution < 1.29 is 4.42 Å². The van der Waals surface area contributed by atoms with Gasteiger partial charge in [0.05, 0.1) is 16.7 Å². The van der Waals surface area contributed by atoms with Gasteiger partial charge >= 0.3 is 0 Å². The summed E-state index contributed by atoms with van der Waals surface area (Å²) in [5.74, 6) is -0.622. The van der Waals surface area contributed by atoms with Gasteiger partial charge in [-0.05, 0) is 60.2 Å². The molecule has 11 aromatic rings. The van der Waals surface area contributed by atoms with Crippen LogP contribution in [0.3, 0.4) is 0 Å². The summed E-state index contributed by atoms with van der Waals surface area (Å²) in [4.78, 5) is 9.58. The predicted molar refractivity (Wildman–Crippen MR) is 388 cm³/mol. The molecule has 0 amide bonds. The zero-order valence-electron chi connectivity index (χ0n) is 44.9. The molecule has 31 heteroatoms. The molecule has 0 spiro atoms. The molecule has 8 aromatic carbocycles. The van der Waals surface area contributed by atoms with E-state index in [2.05, 4.69) is 4.98 Å². The molecule has 0 N–H and O–H groups in total. The number of furan rings is 1. The summed E-state index contributed by atoms with van der Waals surface area (Å²) < 4.78 is 7.15. The molecule has 0 aliphatic carbocycles. The van der Waals surface area contributed by atoms with Gasteiger partial charge < -0.3 is 4.42 Å². The molecule has 11 rings (SSSR count). The van der Waals surface area contributed by atoms with Crippen molar-refractivity contribution >= 4 is 416 Å². The van der Waals surface area contributed by atoms with Crippen molar-refractivity contribution in [1.29, 1.82) is 0 Å². The van der Waals surface area contributed by atoms with E-state index in [9.17, 15) is 0 Å². The minimum atomic E-state index is -0.312. The number of hydrogen-bond donors (Lipinski definition) is 0. The van der Waals surface area contributed by atoms with Crippen LogP contribution in [0.25, 0.3) is 111 Å². The largest absolute Gasteiger partial charge is 0.455 e. The second kappa shape index (κ2) is 21.5. The predicted octanol–water partition coefficient (Wildman–Crippen LogP) is -19.1. The first-order chi connectivity index (χ1) is 39.9. The molecule has 56 radical (unpaired) electrons. The lowest BCUT2D eigenvalue weighted by atomic mass is 9.57. The van der Waals surface area contributed by atoms with Gasteiger partial charge in [-0.2, -0.15) is 0 Å². The topological polar surface area (TPSA) is 38.9 Å². The molecule has 0 bridgehead atoms. The summed E-state index contributed by atoms with van der Waals surface area (Å²) in [5.41, 5.74) is -3.79. The minimum Gasteiger partial charge on any atom is -0.455 e. The smallest absolute Gasteiger partial charge is 0.143 e. The van der Waals surface area contributed by atoms with Crippen LogP contribution in [-0.4, -0.2) is 230 Å². The van der Waals surface area contributed by atoms with Crippen molar-refractivity contribution in [3.8, 4) is 67.3 Å². The van der Waals surface area contributed by atoms with Crippen LogP contribution < -0.4 is 153 Å². The Morgan fingerprint density at radius 1 is 0.224 bits per heavy atom. The zero-order chi connectivity index (χ0) is 62.1. The van der Waals surface area contributed by atoms with Gasteiger partial charge in [0.15, 0.2) is 0 Å². The number of rotatable bonds is 6. The van der Waals surface area contributed by atoms with Crippen molar-refractivity contribution in [3.05, 3.63) is 36.4 Å². The van der Waals surface area contributed by atoms with E-state index in [1.807, 2.05) is 0 Å². The summed E-state index contributed by atoms with van der Waals surface area (Å²) in [6.45, 7) is 0. The normalized spacial score (nSPS) is 11.7. The number of pyridine rings is 2. The minimum absolute atomic E-state index is 0.00402.